The fourth-order valence-electron chi connectivity index (χ4n) is 3.49. The number of benzene rings is 1. The highest BCUT2D eigenvalue weighted by molar-refractivity contribution is 9.10. The van der Waals surface area contributed by atoms with E-state index in [1.165, 1.54) is 43.1 Å². The summed E-state index contributed by atoms with van der Waals surface area (Å²) in [4.78, 5) is 2.74. The maximum absolute atomic E-state index is 3.57. The number of fused-ring (bicyclic) bond motifs is 1. The molecule has 92 valence electrons. The van der Waals surface area contributed by atoms with Gasteiger partial charge in [-0.2, -0.15) is 0 Å². The van der Waals surface area contributed by atoms with Crippen molar-refractivity contribution in [1.29, 1.82) is 0 Å². The highest BCUT2D eigenvalue weighted by Gasteiger charge is 2.30. The zero-order valence-electron chi connectivity index (χ0n) is 10.5. The fraction of sp³-hybridized carbons (Fsp3) is 0.600. The Kier molecular flexibility index (Phi) is 3.27. The highest BCUT2D eigenvalue weighted by atomic mass is 79.9. The normalized spacial score (nSPS) is 29.3. The van der Waals surface area contributed by atoms with Gasteiger partial charge in [0.25, 0.3) is 0 Å². The summed E-state index contributed by atoms with van der Waals surface area (Å²) in [5.74, 6) is 0. The maximum atomic E-state index is 3.57. The van der Waals surface area contributed by atoms with Gasteiger partial charge in [-0.3, -0.25) is 4.90 Å². The van der Waals surface area contributed by atoms with Crippen molar-refractivity contribution >= 4 is 15.9 Å². The molecule has 1 aromatic carbocycles. The smallest absolute Gasteiger partial charge is 0.0178 e. The molecule has 0 aromatic heterocycles. The van der Waals surface area contributed by atoms with Gasteiger partial charge < -0.3 is 0 Å². The van der Waals surface area contributed by atoms with Gasteiger partial charge in [0.2, 0.25) is 0 Å². The highest BCUT2D eigenvalue weighted by Crippen LogP contribution is 2.30. The van der Waals surface area contributed by atoms with Crippen LogP contribution in [0.15, 0.2) is 22.7 Å². The van der Waals surface area contributed by atoms with Crippen LogP contribution in [0.5, 0.6) is 0 Å². The molecule has 2 aliphatic rings. The second-order valence-electron chi connectivity index (χ2n) is 5.54. The van der Waals surface area contributed by atoms with E-state index in [1.54, 1.807) is 11.1 Å². The Morgan fingerprint density at radius 3 is 2.88 bits per heavy atom. The van der Waals surface area contributed by atoms with Gasteiger partial charge in [-0.15, -0.1) is 0 Å². The average molecular weight is 294 g/mol. The van der Waals surface area contributed by atoms with E-state index >= 15 is 0 Å². The van der Waals surface area contributed by atoms with Crippen LogP contribution in [0.3, 0.4) is 0 Å². The third-order valence-corrected chi connectivity index (χ3v) is 4.94. The second-order valence-corrected chi connectivity index (χ2v) is 6.45. The molecule has 0 radical (unpaired) electrons. The minimum Gasteiger partial charge on any atom is -0.297 e. The molecule has 1 heterocycles. The summed E-state index contributed by atoms with van der Waals surface area (Å²) in [6, 6.07) is 8.40. The lowest BCUT2D eigenvalue weighted by Crippen LogP contribution is -2.41. The van der Waals surface area contributed by atoms with Gasteiger partial charge in [0, 0.05) is 16.6 Å². The lowest BCUT2D eigenvalue weighted by atomic mass is 9.87. The molecule has 1 fully saturated rings. The number of rotatable bonds is 1. The van der Waals surface area contributed by atoms with Crippen LogP contribution >= 0.6 is 15.9 Å². The zero-order chi connectivity index (χ0) is 11.8. The molecule has 2 heteroatoms. The molecule has 0 saturated carbocycles. The summed E-state index contributed by atoms with van der Waals surface area (Å²) in [6.07, 6.45) is 6.64. The summed E-state index contributed by atoms with van der Waals surface area (Å²) < 4.78 is 1.23. The first kappa shape index (κ1) is 11.7. The first-order valence-electron chi connectivity index (χ1n) is 6.77. The topological polar surface area (TPSA) is 3.24 Å². The first-order chi connectivity index (χ1) is 8.24. The van der Waals surface area contributed by atoms with Crippen LogP contribution in [-0.2, 0) is 12.8 Å². The third kappa shape index (κ3) is 2.30. The summed E-state index contributed by atoms with van der Waals surface area (Å²) in [7, 11) is 0. The Bertz CT molecular complexity index is 415. The number of halogens is 1. The van der Waals surface area contributed by atoms with Gasteiger partial charge in [-0.05, 0) is 68.8 Å². The van der Waals surface area contributed by atoms with Crippen molar-refractivity contribution < 1.29 is 0 Å². The summed E-state index contributed by atoms with van der Waals surface area (Å²) in [5.41, 5.74) is 3.13. The SMILES string of the molecule is CC1CCCN1[C@@H]1CCc2cc(Br)ccc2C1. The van der Waals surface area contributed by atoms with Gasteiger partial charge in [0.1, 0.15) is 0 Å². The number of likely N-dealkylation sites (tertiary alicyclic amines) is 1. The van der Waals surface area contributed by atoms with Crippen LogP contribution in [0.2, 0.25) is 0 Å². The van der Waals surface area contributed by atoms with Gasteiger partial charge in [-0.1, -0.05) is 22.0 Å². The van der Waals surface area contributed by atoms with Crippen LogP contribution in [-0.4, -0.2) is 23.5 Å². The van der Waals surface area contributed by atoms with Crippen molar-refractivity contribution in [3.8, 4) is 0 Å². The molecular weight excluding hydrogens is 274 g/mol. The Hall–Kier alpha value is -0.340. The van der Waals surface area contributed by atoms with Crippen molar-refractivity contribution in [2.45, 2.75) is 51.1 Å². The van der Waals surface area contributed by atoms with E-state index in [0.717, 1.165) is 12.1 Å². The van der Waals surface area contributed by atoms with Crippen molar-refractivity contribution in [3.63, 3.8) is 0 Å². The molecular formula is C15H20BrN. The molecule has 0 amide bonds. The number of aryl methyl sites for hydroxylation is 1. The Balaban J connectivity index is 1.78. The van der Waals surface area contributed by atoms with Crippen molar-refractivity contribution in [1.82, 2.24) is 4.90 Å². The number of hydrogen-bond donors (Lipinski definition) is 0. The van der Waals surface area contributed by atoms with E-state index in [9.17, 15) is 0 Å². The Morgan fingerprint density at radius 1 is 1.24 bits per heavy atom. The van der Waals surface area contributed by atoms with Crippen LogP contribution in [0.25, 0.3) is 0 Å². The largest absolute Gasteiger partial charge is 0.297 e. The quantitative estimate of drug-likeness (QED) is 0.761. The second kappa shape index (κ2) is 4.74. The van der Waals surface area contributed by atoms with E-state index in [4.69, 9.17) is 0 Å². The minimum atomic E-state index is 0.793. The van der Waals surface area contributed by atoms with E-state index in [-0.39, 0.29) is 0 Å². The Morgan fingerprint density at radius 2 is 2.12 bits per heavy atom. The van der Waals surface area contributed by atoms with E-state index in [0.29, 0.717) is 0 Å². The first-order valence-corrected chi connectivity index (χ1v) is 7.56. The van der Waals surface area contributed by atoms with Crippen molar-refractivity contribution in [2.75, 3.05) is 6.54 Å². The van der Waals surface area contributed by atoms with Crippen LogP contribution in [0.1, 0.15) is 37.3 Å². The molecule has 0 bridgehead atoms. The zero-order valence-corrected chi connectivity index (χ0v) is 12.0. The van der Waals surface area contributed by atoms with E-state index in [1.807, 2.05) is 0 Å². The van der Waals surface area contributed by atoms with Crippen molar-refractivity contribution in [2.24, 2.45) is 0 Å². The number of hydrogen-bond acceptors (Lipinski definition) is 1. The molecule has 1 aliphatic heterocycles. The van der Waals surface area contributed by atoms with Gasteiger partial charge in [-0.25, -0.2) is 0 Å². The average Bonchev–Trinajstić information content (AvgIpc) is 2.75. The van der Waals surface area contributed by atoms with Crippen LogP contribution < -0.4 is 0 Å². The minimum absolute atomic E-state index is 0.793. The predicted octanol–water partition coefficient (Wildman–Crippen LogP) is 3.79. The van der Waals surface area contributed by atoms with Crippen LogP contribution in [0.4, 0.5) is 0 Å². The fourth-order valence-corrected chi connectivity index (χ4v) is 3.89. The molecule has 1 unspecified atom stereocenters. The third-order valence-electron chi connectivity index (χ3n) is 4.44. The summed E-state index contributed by atoms with van der Waals surface area (Å²) >= 11 is 3.57. The molecule has 3 rings (SSSR count). The van der Waals surface area contributed by atoms with Gasteiger partial charge >= 0.3 is 0 Å². The van der Waals surface area contributed by atoms with Crippen LogP contribution in [0, 0.1) is 0 Å². The maximum Gasteiger partial charge on any atom is 0.0178 e. The molecule has 0 spiro atoms. The summed E-state index contributed by atoms with van der Waals surface area (Å²) in [6.45, 7) is 3.71. The lowest BCUT2D eigenvalue weighted by Gasteiger charge is -2.35. The monoisotopic (exact) mass is 293 g/mol. The predicted molar refractivity (Wildman–Crippen MR) is 75.4 cm³/mol. The standard InChI is InChI=1S/C15H20BrN/c1-11-3-2-8-17(11)15-7-5-12-9-14(16)6-4-13(12)10-15/h4,6,9,11,15H,2-3,5,7-8,10H2,1H3/t11?,15-/m1/s1. The molecule has 0 N–H and O–H groups in total. The number of nitrogens with zero attached hydrogens (tertiary/aromatic N) is 1. The molecule has 1 nitrogen and oxygen atoms in total. The molecule has 2 atom stereocenters. The summed E-state index contributed by atoms with van der Waals surface area (Å²) in [5, 5.41) is 0. The van der Waals surface area contributed by atoms with E-state index in [2.05, 4.69) is 46.0 Å². The molecule has 1 saturated heterocycles. The lowest BCUT2D eigenvalue weighted by molar-refractivity contribution is 0.174. The van der Waals surface area contributed by atoms with Gasteiger partial charge in [0.05, 0.1) is 0 Å². The molecule has 17 heavy (non-hydrogen) atoms. The van der Waals surface area contributed by atoms with Gasteiger partial charge in [0.15, 0.2) is 0 Å². The molecule has 1 aromatic rings. The van der Waals surface area contributed by atoms with E-state index < -0.39 is 0 Å². The van der Waals surface area contributed by atoms with Crippen molar-refractivity contribution in [3.05, 3.63) is 33.8 Å². The molecule has 1 aliphatic carbocycles. The Labute approximate surface area is 112 Å².